The van der Waals surface area contributed by atoms with Gasteiger partial charge in [0.2, 0.25) is 0 Å². The summed E-state index contributed by atoms with van der Waals surface area (Å²) in [5.41, 5.74) is 1.23. The van der Waals surface area contributed by atoms with Crippen molar-refractivity contribution in [2.24, 2.45) is 0 Å². The van der Waals surface area contributed by atoms with Crippen LogP contribution in [0.2, 0.25) is 0 Å². The van der Waals surface area contributed by atoms with Gasteiger partial charge in [0, 0.05) is 17.1 Å². The van der Waals surface area contributed by atoms with E-state index in [1.165, 1.54) is 61.4 Å². The third-order valence-electron chi connectivity index (χ3n) is 4.53. The second kappa shape index (κ2) is 6.93. The van der Waals surface area contributed by atoms with Gasteiger partial charge in [0.15, 0.2) is 0 Å². The molecular formula is C19H26N2. The summed E-state index contributed by atoms with van der Waals surface area (Å²) in [6, 6.07) is 11.5. The highest BCUT2D eigenvalue weighted by Gasteiger charge is 2.15. The first-order valence-electron chi connectivity index (χ1n) is 8.52. The maximum absolute atomic E-state index is 4.92. The van der Waals surface area contributed by atoms with Crippen molar-refractivity contribution in [3.05, 3.63) is 36.0 Å². The molecule has 21 heavy (non-hydrogen) atoms. The van der Waals surface area contributed by atoms with Crippen molar-refractivity contribution in [1.29, 1.82) is 0 Å². The van der Waals surface area contributed by atoms with Gasteiger partial charge in [-0.15, -0.1) is 0 Å². The van der Waals surface area contributed by atoms with Crippen LogP contribution in [0.15, 0.2) is 30.3 Å². The Morgan fingerprint density at radius 2 is 1.95 bits per heavy atom. The lowest BCUT2D eigenvalue weighted by Crippen LogP contribution is -2.23. The van der Waals surface area contributed by atoms with E-state index in [2.05, 4.69) is 42.6 Å². The van der Waals surface area contributed by atoms with Crippen LogP contribution in [-0.4, -0.2) is 11.0 Å². The number of hydrogen-bond donors (Lipinski definition) is 1. The molecule has 2 heteroatoms. The number of aryl methyl sites for hydroxylation is 1. The van der Waals surface area contributed by atoms with Crippen LogP contribution in [0.5, 0.6) is 0 Å². The number of nitrogens with zero attached hydrogens (tertiary/aromatic N) is 1. The van der Waals surface area contributed by atoms with Crippen LogP contribution in [0.4, 0.5) is 5.82 Å². The SMILES string of the molecule is CCCCc1cc2ccccc2c(NC2CCCCC2)n1. The molecule has 1 aromatic heterocycles. The summed E-state index contributed by atoms with van der Waals surface area (Å²) >= 11 is 0. The molecule has 1 aliphatic rings. The number of benzene rings is 1. The largest absolute Gasteiger partial charge is 0.367 e. The predicted molar refractivity (Wildman–Crippen MR) is 90.9 cm³/mol. The van der Waals surface area contributed by atoms with E-state index in [1.807, 2.05) is 0 Å². The first kappa shape index (κ1) is 14.4. The van der Waals surface area contributed by atoms with Crippen molar-refractivity contribution < 1.29 is 0 Å². The summed E-state index contributed by atoms with van der Waals surface area (Å²) in [7, 11) is 0. The molecule has 3 rings (SSSR count). The summed E-state index contributed by atoms with van der Waals surface area (Å²) in [5.74, 6) is 1.10. The topological polar surface area (TPSA) is 24.9 Å². The zero-order valence-electron chi connectivity index (χ0n) is 13.1. The third kappa shape index (κ3) is 3.55. The van der Waals surface area contributed by atoms with Gasteiger partial charge in [0.1, 0.15) is 5.82 Å². The van der Waals surface area contributed by atoms with Gasteiger partial charge in [0.05, 0.1) is 0 Å². The fourth-order valence-electron chi connectivity index (χ4n) is 3.29. The van der Waals surface area contributed by atoms with E-state index in [0.29, 0.717) is 6.04 Å². The molecular weight excluding hydrogens is 256 g/mol. The van der Waals surface area contributed by atoms with Crippen LogP contribution in [0.3, 0.4) is 0 Å². The van der Waals surface area contributed by atoms with Crippen molar-refractivity contribution in [3.63, 3.8) is 0 Å². The molecule has 0 amide bonds. The molecule has 0 saturated heterocycles. The summed E-state index contributed by atoms with van der Waals surface area (Å²) in [4.78, 5) is 4.92. The Morgan fingerprint density at radius 3 is 2.76 bits per heavy atom. The Hall–Kier alpha value is -1.57. The second-order valence-corrected chi connectivity index (χ2v) is 6.27. The van der Waals surface area contributed by atoms with Crippen LogP contribution in [0.25, 0.3) is 10.8 Å². The number of pyridine rings is 1. The molecule has 0 radical (unpaired) electrons. The Morgan fingerprint density at radius 1 is 1.14 bits per heavy atom. The lowest BCUT2D eigenvalue weighted by Gasteiger charge is -2.24. The van der Waals surface area contributed by atoms with Crippen molar-refractivity contribution in [3.8, 4) is 0 Å². The molecule has 112 valence electrons. The molecule has 0 atom stereocenters. The minimum atomic E-state index is 0.607. The second-order valence-electron chi connectivity index (χ2n) is 6.27. The average molecular weight is 282 g/mol. The van der Waals surface area contributed by atoms with Crippen molar-refractivity contribution >= 4 is 16.6 Å². The maximum Gasteiger partial charge on any atom is 0.134 e. The van der Waals surface area contributed by atoms with Crippen LogP contribution >= 0.6 is 0 Å². The standard InChI is InChI=1S/C19H26N2/c1-2-3-10-17-14-15-9-7-8-13-18(15)19(21-17)20-16-11-5-4-6-12-16/h7-9,13-14,16H,2-6,10-12H2,1H3,(H,20,21). The van der Waals surface area contributed by atoms with Gasteiger partial charge >= 0.3 is 0 Å². The van der Waals surface area contributed by atoms with E-state index in [1.54, 1.807) is 0 Å². The van der Waals surface area contributed by atoms with E-state index in [-0.39, 0.29) is 0 Å². The fraction of sp³-hybridized carbons (Fsp3) is 0.526. The molecule has 1 heterocycles. The molecule has 1 saturated carbocycles. The highest BCUT2D eigenvalue weighted by Crippen LogP contribution is 2.27. The highest BCUT2D eigenvalue weighted by molar-refractivity contribution is 5.92. The number of fused-ring (bicyclic) bond motifs is 1. The number of hydrogen-bond acceptors (Lipinski definition) is 2. The molecule has 2 nitrogen and oxygen atoms in total. The van der Waals surface area contributed by atoms with Crippen molar-refractivity contribution in [2.75, 3.05) is 5.32 Å². The summed E-state index contributed by atoms with van der Waals surface area (Å²) < 4.78 is 0. The molecule has 1 N–H and O–H groups in total. The Labute approximate surface area is 128 Å². The van der Waals surface area contributed by atoms with Gasteiger partial charge in [-0.2, -0.15) is 0 Å². The minimum Gasteiger partial charge on any atom is -0.367 e. The predicted octanol–water partition coefficient (Wildman–Crippen LogP) is 5.32. The normalized spacial score (nSPS) is 16.2. The van der Waals surface area contributed by atoms with E-state index in [4.69, 9.17) is 4.98 Å². The van der Waals surface area contributed by atoms with Crippen LogP contribution in [0.1, 0.15) is 57.6 Å². The minimum absolute atomic E-state index is 0.607. The summed E-state index contributed by atoms with van der Waals surface area (Å²) in [6.45, 7) is 2.24. The van der Waals surface area contributed by atoms with E-state index in [9.17, 15) is 0 Å². The quantitative estimate of drug-likeness (QED) is 0.802. The third-order valence-corrected chi connectivity index (χ3v) is 4.53. The molecule has 0 spiro atoms. The van der Waals surface area contributed by atoms with E-state index in [0.717, 1.165) is 12.2 Å². The molecule has 1 aliphatic carbocycles. The van der Waals surface area contributed by atoms with Crippen LogP contribution in [0, 0.1) is 0 Å². The van der Waals surface area contributed by atoms with Gasteiger partial charge in [-0.1, -0.05) is 56.9 Å². The smallest absolute Gasteiger partial charge is 0.134 e. The fourth-order valence-corrected chi connectivity index (χ4v) is 3.29. The summed E-state index contributed by atoms with van der Waals surface area (Å²) in [6.07, 6.45) is 10.2. The van der Waals surface area contributed by atoms with Crippen LogP contribution in [-0.2, 0) is 6.42 Å². The number of rotatable bonds is 5. The van der Waals surface area contributed by atoms with Gasteiger partial charge < -0.3 is 5.32 Å². The Balaban J connectivity index is 1.89. The first-order chi connectivity index (χ1) is 10.4. The van der Waals surface area contributed by atoms with E-state index >= 15 is 0 Å². The molecule has 2 aromatic rings. The van der Waals surface area contributed by atoms with Crippen LogP contribution < -0.4 is 5.32 Å². The number of anilines is 1. The number of aromatic nitrogens is 1. The lowest BCUT2D eigenvalue weighted by atomic mass is 9.95. The zero-order chi connectivity index (χ0) is 14.5. The molecule has 1 aromatic carbocycles. The van der Waals surface area contributed by atoms with Gasteiger partial charge in [-0.3, -0.25) is 0 Å². The monoisotopic (exact) mass is 282 g/mol. The van der Waals surface area contributed by atoms with Crippen molar-refractivity contribution in [2.45, 2.75) is 64.3 Å². The highest BCUT2D eigenvalue weighted by atomic mass is 15.0. The van der Waals surface area contributed by atoms with Crippen molar-refractivity contribution in [1.82, 2.24) is 4.98 Å². The number of nitrogens with one attached hydrogen (secondary N) is 1. The van der Waals surface area contributed by atoms with E-state index < -0.39 is 0 Å². The van der Waals surface area contributed by atoms with Gasteiger partial charge in [0.25, 0.3) is 0 Å². The van der Waals surface area contributed by atoms with Gasteiger partial charge in [-0.25, -0.2) is 4.98 Å². The number of unbranched alkanes of at least 4 members (excludes halogenated alkanes) is 1. The molecule has 0 aliphatic heterocycles. The maximum atomic E-state index is 4.92. The van der Waals surface area contributed by atoms with Gasteiger partial charge in [-0.05, 0) is 37.1 Å². The Kier molecular flexibility index (Phi) is 4.74. The Bertz CT molecular complexity index is 585. The molecule has 0 bridgehead atoms. The molecule has 0 unspecified atom stereocenters. The summed E-state index contributed by atoms with van der Waals surface area (Å²) in [5, 5.41) is 6.31. The average Bonchev–Trinajstić information content (AvgIpc) is 2.54. The zero-order valence-corrected chi connectivity index (χ0v) is 13.1. The lowest BCUT2D eigenvalue weighted by molar-refractivity contribution is 0.462. The first-order valence-corrected chi connectivity index (χ1v) is 8.52. The molecule has 1 fully saturated rings.